The second kappa shape index (κ2) is 7.21. The number of aromatic hydroxyl groups is 1. The Morgan fingerprint density at radius 1 is 1.29 bits per heavy atom. The number of carbonyl (C=O) groups is 2. The topological polar surface area (TPSA) is 114 Å². The van der Waals surface area contributed by atoms with E-state index in [1.165, 1.54) is 15.7 Å². The van der Waals surface area contributed by atoms with Crippen LogP contribution in [0.4, 0.5) is 0 Å². The number of nitrogens with one attached hydrogen (secondary N) is 1. The van der Waals surface area contributed by atoms with E-state index >= 15 is 0 Å². The maximum atomic E-state index is 12.8. The van der Waals surface area contributed by atoms with Crippen molar-refractivity contribution in [1.82, 2.24) is 19.8 Å². The Morgan fingerprint density at radius 3 is 2.97 bits per heavy atom. The van der Waals surface area contributed by atoms with Crippen LogP contribution in [0.3, 0.4) is 0 Å². The van der Waals surface area contributed by atoms with Gasteiger partial charge in [0.1, 0.15) is 5.56 Å². The molecule has 1 saturated heterocycles. The average Bonchev–Trinajstić information content (AvgIpc) is 3.15. The number of aromatic nitrogens is 2. The number of hydrogen-bond acceptors (Lipinski definition) is 6. The Balaban J connectivity index is 1.45. The first-order valence-corrected chi connectivity index (χ1v) is 9.97. The molecule has 3 aromatic rings. The summed E-state index contributed by atoms with van der Waals surface area (Å²) in [4.78, 5) is 44.1. The highest BCUT2D eigenvalue weighted by molar-refractivity contribution is 5.99. The van der Waals surface area contributed by atoms with Crippen LogP contribution in [0.5, 0.6) is 5.75 Å². The maximum Gasteiger partial charge on any atom is 0.276 e. The van der Waals surface area contributed by atoms with Gasteiger partial charge in [-0.2, -0.15) is 0 Å². The highest BCUT2D eigenvalue weighted by Crippen LogP contribution is 2.29. The molecule has 0 unspecified atom stereocenters. The van der Waals surface area contributed by atoms with E-state index < -0.39 is 29.2 Å². The number of pyridine rings is 2. The average molecular weight is 420 g/mol. The number of carbonyl (C=O) groups excluding carboxylic acids is 2. The molecule has 4 heterocycles. The van der Waals surface area contributed by atoms with Crippen LogP contribution in [0, 0.1) is 0 Å². The molecule has 2 aliphatic heterocycles. The molecule has 2 N–H and O–H groups in total. The minimum absolute atomic E-state index is 0.115. The standard InChI is InChI=1S/C22H20N4O5/c1-12-11-31-17-10-25-9-15(19(27)20(28)18(25)22(30)26(12)17)21(29)24-8-13-4-2-6-16-14(13)5-3-7-23-16/h2-7,9,12,17,28H,8,10-11H2,1H3,(H,24,29)/t12-,17+/m0/s1. The molecule has 9 nitrogen and oxygen atoms in total. The zero-order chi connectivity index (χ0) is 21.7. The van der Waals surface area contributed by atoms with Gasteiger partial charge >= 0.3 is 0 Å². The van der Waals surface area contributed by atoms with Crippen molar-refractivity contribution in [2.75, 3.05) is 6.61 Å². The Bertz CT molecular complexity index is 1280. The Labute approximate surface area is 176 Å². The first-order chi connectivity index (χ1) is 15.0. The van der Waals surface area contributed by atoms with E-state index in [9.17, 15) is 19.5 Å². The number of rotatable bonds is 3. The van der Waals surface area contributed by atoms with Crippen LogP contribution in [0.2, 0.25) is 0 Å². The smallest absolute Gasteiger partial charge is 0.276 e. The first-order valence-electron chi connectivity index (χ1n) is 9.97. The fourth-order valence-corrected chi connectivity index (χ4v) is 4.23. The third kappa shape index (κ3) is 3.05. The van der Waals surface area contributed by atoms with E-state index in [1.807, 2.05) is 37.3 Å². The number of benzene rings is 1. The summed E-state index contributed by atoms with van der Waals surface area (Å²) in [6.45, 7) is 2.63. The van der Waals surface area contributed by atoms with Crippen LogP contribution in [0.25, 0.3) is 10.9 Å². The van der Waals surface area contributed by atoms with Crippen LogP contribution in [0.15, 0.2) is 47.5 Å². The minimum Gasteiger partial charge on any atom is -0.503 e. The summed E-state index contributed by atoms with van der Waals surface area (Å²) in [5.41, 5.74) is 0.431. The third-order valence-electron chi connectivity index (χ3n) is 5.78. The van der Waals surface area contributed by atoms with E-state index in [0.29, 0.717) is 6.61 Å². The molecule has 9 heteroatoms. The molecule has 158 valence electrons. The van der Waals surface area contributed by atoms with Gasteiger partial charge < -0.3 is 24.6 Å². The lowest BCUT2D eigenvalue weighted by Gasteiger charge is -2.33. The number of nitrogens with zero attached hydrogens (tertiary/aromatic N) is 3. The molecule has 5 rings (SSSR count). The maximum absolute atomic E-state index is 12.8. The molecular formula is C22H20N4O5. The lowest BCUT2D eigenvalue weighted by atomic mass is 10.1. The van der Waals surface area contributed by atoms with Crippen LogP contribution in [-0.2, 0) is 17.8 Å². The Kier molecular flexibility index (Phi) is 4.48. The van der Waals surface area contributed by atoms with Crippen molar-refractivity contribution in [2.45, 2.75) is 32.3 Å². The molecule has 2 aromatic heterocycles. The third-order valence-corrected chi connectivity index (χ3v) is 5.78. The second-order valence-corrected chi connectivity index (χ2v) is 7.74. The summed E-state index contributed by atoms with van der Waals surface area (Å²) in [7, 11) is 0. The molecule has 31 heavy (non-hydrogen) atoms. The molecule has 1 fully saturated rings. The molecule has 1 aromatic carbocycles. The van der Waals surface area contributed by atoms with Gasteiger partial charge in [-0.3, -0.25) is 19.4 Å². The number of ether oxygens (including phenoxy) is 1. The summed E-state index contributed by atoms with van der Waals surface area (Å²) in [6.07, 6.45) is 2.52. The van der Waals surface area contributed by atoms with Gasteiger partial charge in [-0.15, -0.1) is 0 Å². The second-order valence-electron chi connectivity index (χ2n) is 7.74. The molecule has 0 saturated carbocycles. The first kappa shape index (κ1) is 19.3. The predicted molar refractivity (Wildman–Crippen MR) is 111 cm³/mol. The fourth-order valence-electron chi connectivity index (χ4n) is 4.23. The van der Waals surface area contributed by atoms with E-state index in [2.05, 4.69) is 10.3 Å². The largest absolute Gasteiger partial charge is 0.503 e. The van der Waals surface area contributed by atoms with Gasteiger partial charge in [-0.1, -0.05) is 18.2 Å². The molecule has 2 amide bonds. The number of hydrogen-bond donors (Lipinski definition) is 2. The molecule has 0 aliphatic carbocycles. The van der Waals surface area contributed by atoms with Crippen molar-refractivity contribution in [3.8, 4) is 5.75 Å². The van der Waals surface area contributed by atoms with E-state index in [1.54, 1.807) is 6.20 Å². The highest BCUT2D eigenvalue weighted by atomic mass is 16.5. The van der Waals surface area contributed by atoms with Gasteiger partial charge in [0, 0.05) is 24.3 Å². The van der Waals surface area contributed by atoms with Crippen LogP contribution >= 0.6 is 0 Å². The Morgan fingerprint density at radius 2 is 2.13 bits per heavy atom. The summed E-state index contributed by atoms with van der Waals surface area (Å²) in [5.74, 6) is -1.83. The van der Waals surface area contributed by atoms with Crippen molar-refractivity contribution in [3.63, 3.8) is 0 Å². The fraction of sp³-hybridized carbons (Fsp3) is 0.273. The Hall–Kier alpha value is -3.72. The zero-order valence-corrected chi connectivity index (χ0v) is 16.7. The van der Waals surface area contributed by atoms with Gasteiger partial charge in [-0.05, 0) is 24.6 Å². The summed E-state index contributed by atoms with van der Waals surface area (Å²) in [6, 6.07) is 9.15. The van der Waals surface area contributed by atoms with Gasteiger partial charge in [0.15, 0.2) is 17.7 Å². The SMILES string of the molecule is C[C@H]1CO[C@@H]2Cn3cc(C(=O)NCc4cccc5ncccc45)c(=O)c(O)c3C(=O)N12. The molecule has 2 aliphatic rings. The van der Waals surface area contributed by atoms with Crippen molar-refractivity contribution in [1.29, 1.82) is 0 Å². The zero-order valence-electron chi connectivity index (χ0n) is 16.7. The predicted octanol–water partition coefficient (Wildman–Crippen LogP) is 1.23. The van der Waals surface area contributed by atoms with E-state index in [-0.39, 0.29) is 30.4 Å². The quantitative estimate of drug-likeness (QED) is 0.659. The highest BCUT2D eigenvalue weighted by Gasteiger charge is 2.42. The van der Waals surface area contributed by atoms with Crippen molar-refractivity contribution < 1.29 is 19.4 Å². The van der Waals surface area contributed by atoms with Crippen LogP contribution in [-0.4, -0.2) is 50.2 Å². The number of amides is 2. The van der Waals surface area contributed by atoms with Crippen molar-refractivity contribution in [2.24, 2.45) is 0 Å². The molecule has 0 radical (unpaired) electrons. The summed E-state index contributed by atoms with van der Waals surface area (Å²) < 4.78 is 7.06. The van der Waals surface area contributed by atoms with Gasteiger partial charge in [0.05, 0.1) is 24.7 Å². The molecular weight excluding hydrogens is 400 g/mol. The molecule has 2 atom stereocenters. The lowest BCUT2D eigenvalue weighted by Crippen LogP contribution is -2.49. The van der Waals surface area contributed by atoms with Crippen molar-refractivity contribution in [3.05, 3.63) is 69.8 Å². The number of fused-ring (bicyclic) bond motifs is 3. The van der Waals surface area contributed by atoms with E-state index in [0.717, 1.165) is 16.5 Å². The van der Waals surface area contributed by atoms with Crippen LogP contribution in [0.1, 0.15) is 33.3 Å². The monoisotopic (exact) mass is 420 g/mol. The van der Waals surface area contributed by atoms with Gasteiger partial charge in [0.25, 0.3) is 11.8 Å². The lowest BCUT2D eigenvalue weighted by molar-refractivity contribution is 0.00624. The van der Waals surface area contributed by atoms with Gasteiger partial charge in [-0.25, -0.2) is 0 Å². The van der Waals surface area contributed by atoms with E-state index in [4.69, 9.17) is 4.74 Å². The van der Waals surface area contributed by atoms with Crippen molar-refractivity contribution >= 4 is 22.7 Å². The molecule has 0 spiro atoms. The summed E-state index contributed by atoms with van der Waals surface area (Å²) >= 11 is 0. The summed E-state index contributed by atoms with van der Waals surface area (Å²) in [5, 5.41) is 14.1. The minimum atomic E-state index is -0.872. The molecule has 0 bridgehead atoms. The van der Waals surface area contributed by atoms with Gasteiger partial charge in [0.2, 0.25) is 5.43 Å². The van der Waals surface area contributed by atoms with Crippen LogP contribution < -0.4 is 10.7 Å². The normalized spacial score (nSPS) is 19.9.